The molecule has 1 aromatic rings. The normalized spacial score (nSPS) is 17.4. The first-order valence-corrected chi connectivity index (χ1v) is 9.59. The second kappa shape index (κ2) is 11.7. The van der Waals surface area contributed by atoms with Crippen molar-refractivity contribution in [3.8, 4) is 5.75 Å². The summed E-state index contributed by atoms with van der Waals surface area (Å²) in [6.07, 6.45) is 3.21. The van der Waals surface area contributed by atoms with E-state index in [4.69, 9.17) is 4.74 Å². The minimum Gasteiger partial charge on any atom is -0.495 e. The maximum absolute atomic E-state index is 5.48. The van der Waals surface area contributed by atoms with Crippen LogP contribution in [0.25, 0.3) is 0 Å². The van der Waals surface area contributed by atoms with Gasteiger partial charge in [-0.2, -0.15) is 11.8 Å². The maximum atomic E-state index is 5.48. The average Bonchev–Trinajstić information content (AvgIpc) is 3.03. The van der Waals surface area contributed by atoms with Gasteiger partial charge in [-0.1, -0.05) is 12.1 Å². The molecular weight excluding hydrogens is 435 g/mol. The van der Waals surface area contributed by atoms with Crippen LogP contribution in [-0.4, -0.2) is 57.3 Å². The Balaban J connectivity index is 0.00000288. The molecule has 1 heterocycles. The molecule has 0 aliphatic carbocycles. The molecule has 0 aromatic heterocycles. The van der Waals surface area contributed by atoms with Gasteiger partial charge in [0.05, 0.1) is 19.3 Å². The van der Waals surface area contributed by atoms with E-state index in [1.807, 2.05) is 23.9 Å². The first-order valence-electron chi connectivity index (χ1n) is 8.20. The van der Waals surface area contributed by atoms with Crippen LogP contribution in [-0.2, 0) is 0 Å². The molecule has 2 N–H and O–H groups in total. The highest BCUT2D eigenvalue weighted by molar-refractivity contribution is 14.0. The summed E-state index contributed by atoms with van der Waals surface area (Å²) in [4.78, 5) is 7.01. The van der Waals surface area contributed by atoms with E-state index < -0.39 is 0 Å². The first-order chi connectivity index (χ1) is 11.3. The highest BCUT2D eigenvalue weighted by Gasteiger charge is 2.25. The largest absolute Gasteiger partial charge is 0.495 e. The summed E-state index contributed by atoms with van der Waals surface area (Å²) in [5, 5.41) is 6.89. The Kier molecular flexibility index (Phi) is 10.3. The Morgan fingerprint density at radius 3 is 2.92 bits per heavy atom. The highest BCUT2D eigenvalue weighted by atomic mass is 127. The zero-order valence-corrected chi connectivity index (χ0v) is 17.9. The number of nitrogens with zero attached hydrogens (tertiary/aromatic N) is 2. The molecule has 0 saturated carbocycles. The van der Waals surface area contributed by atoms with Crippen molar-refractivity contribution in [3.63, 3.8) is 0 Å². The van der Waals surface area contributed by atoms with Crippen molar-refractivity contribution in [2.45, 2.75) is 19.4 Å². The van der Waals surface area contributed by atoms with E-state index in [1.54, 1.807) is 7.11 Å². The van der Waals surface area contributed by atoms with Crippen molar-refractivity contribution in [2.75, 3.05) is 50.2 Å². The Bertz CT molecular complexity index is 515. The van der Waals surface area contributed by atoms with Crippen molar-refractivity contribution in [1.82, 2.24) is 10.6 Å². The molecule has 1 aromatic carbocycles. The summed E-state index contributed by atoms with van der Waals surface area (Å²) < 4.78 is 5.48. The standard InChI is InChI=1S/C17H28N4OS.HI/c1-4-18-17(19-10-12-23-3)20-14-9-11-21(13-14)15-7-5-6-8-16(15)22-2;/h5-8,14H,4,9-13H2,1-3H3,(H2,18,19,20);1H. The smallest absolute Gasteiger partial charge is 0.191 e. The molecule has 5 nitrogen and oxygen atoms in total. The average molecular weight is 464 g/mol. The number of thioether (sulfide) groups is 1. The van der Waals surface area contributed by atoms with E-state index in [9.17, 15) is 0 Å². The van der Waals surface area contributed by atoms with E-state index in [0.717, 1.165) is 50.1 Å². The van der Waals surface area contributed by atoms with Gasteiger partial charge in [-0.15, -0.1) is 24.0 Å². The second-order valence-corrected chi connectivity index (χ2v) is 6.49. The molecule has 136 valence electrons. The van der Waals surface area contributed by atoms with E-state index in [1.165, 1.54) is 5.69 Å². The summed E-state index contributed by atoms with van der Waals surface area (Å²) in [6.45, 7) is 5.82. The topological polar surface area (TPSA) is 48.9 Å². The summed E-state index contributed by atoms with van der Waals surface area (Å²) in [6, 6.07) is 8.62. The molecule has 1 atom stereocenters. The van der Waals surface area contributed by atoms with Gasteiger partial charge >= 0.3 is 0 Å². The van der Waals surface area contributed by atoms with Crippen molar-refractivity contribution in [1.29, 1.82) is 0 Å². The monoisotopic (exact) mass is 464 g/mol. The Morgan fingerprint density at radius 1 is 1.42 bits per heavy atom. The number of aliphatic imine (C=N–C) groups is 1. The van der Waals surface area contributed by atoms with Crippen molar-refractivity contribution in [2.24, 2.45) is 4.99 Å². The first kappa shape index (κ1) is 21.2. The molecule has 1 aliphatic rings. The molecule has 7 heteroatoms. The SMILES string of the molecule is CCNC(=NCCSC)NC1CCN(c2ccccc2OC)C1.I. The van der Waals surface area contributed by atoms with Gasteiger partial charge in [-0.05, 0) is 31.7 Å². The van der Waals surface area contributed by atoms with Gasteiger partial charge in [0.15, 0.2) is 5.96 Å². The van der Waals surface area contributed by atoms with Crippen LogP contribution in [0.2, 0.25) is 0 Å². The van der Waals surface area contributed by atoms with Crippen LogP contribution < -0.4 is 20.3 Å². The molecule has 1 fully saturated rings. The van der Waals surface area contributed by atoms with Crippen LogP contribution in [0.4, 0.5) is 5.69 Å². The number of nitrogens with one attached hydrogen (secondary N) is 2. The minimum atomic E-state index is 0. The molecule has 1 unspecified atom stereocenters. The Morgan fingerprint density at radius 2 is 2.21 bits per heavy atom. The summed E-state index contributed by atoms with van der Waals surface area (Å²) in [5.41, 5.74) is 1.17. The predicted octanol–water partition coefficient (Wildman–Crippen LogP) is 2.81. The second-order valence-electron chi connectivity index (χ2n) is 5.50. The molecule has 1 aliphatic heterocycles. The van der Waals surface area contributed by atoms with Gasteiger partial charge < -0.3 is 20.3 Å². The van der Waals surface area contributed by atoms with Gasteiger partial charge in [0.2, 0.25) is 0 Å². The molecule has 1 saturated heterocycles. The van der Waals surface area contributed by atoms with E-state index in [-0.39, 0.29) is 24.0 Å². The number of rotatable bonds is 7. The van der Waals surface area contributed by atoms with Crippen molar-refractivity contribution < 1.29 is 4.74 Å². The maximum Gasteiger partial charge on any atom is 0.191 e. The Labute approximate surface area is 167 Å². The van der Waals surface area contributed by atoms with E-state index >= 15 is 0 Å². The van der Waals surface area contributed by atoms with Crippen LogP contribution in [0.1, 0.15) is 13.3 Å². The van der Waals surface area contributed by atoms with Gasteiger partial charge in [0, 0.05) is 31.4 Å². The number of para-hydroxylation sites is 2. The third-order valence-corrected chi connectivity index (χ3v) is 4.46. The fourth-order valence-corrected chi connectivity index (χ4v) is 3.02. The van der Waals surface area contributed by atoms with Crippen LogP contribution in [0.5, 0.6) is 5.75 Å². The van der Waals surface area contributed by atoms with Gasteiger partial charge in [0.25, 0.3) is 0 Å². The number of halogens is 1. The number of hydrogen-bond acceptors (Lipinski definition) is 4. The van der Waals surface area contributed by atoms with Crippen LogP contribution in [0.3, 0.4) is 0 Å². The van der Waals surface area contributed by atoms with Crippen molar-refractivity contribution >= 4 is 47.4 Å². The summed E-state index contributed by atoms with van der Waals surface area (Å²) >= 11 is 1.82. The summed E-state index contributed by atoms with van der Waals surface area (Å²) in [7, 11) is 1.73. The van der Waals surface area contributed by atoms with E-state index in [0.29, 0.717) is 6.04 Å². The third-order valence-electron chi connectivity index (χ3n) is 3.86. The lowest BCUT2D eigenvalue weighted by Crippen LogP contribution is -2.44. The number of methoxy groups -OCH3 is 1. The van der Waals surface area contributed by atoms with Crippen molar-refractivity contribution in [3.05, 3.63) is 24.3 Å². The van der Waals surface area contributed by atoms with Crippen LogP contribution >= 0.6 is 35.7 Å². The zero-order chi connectivity index (χ0) is 16.5. The summed E-state index contributed by atoms with van der Waals surface area (Å²) in [5.74, 6) is 2.91. The number of guanidine groups is 1. The lowest BCUT2D eigenvalue weighted by Gasteiger charge is -2.22. The minimum absolute atomic E-state index is 0. The fraction of sp³-hybridized carbons (Fsp3) is 0.588. The van der Waals surface area contributed by atoms with E-state index in [2.05, 4.69) is 45.8 Å². The highest BCUT2D eigenvalue weighted by Crippen LogP contribution is 2.30. The number of ether oxygens (including phenoxy) is 1. The number of hydrogen-bond donors (Lipinski definition) is 2. The molecule has 0 amide bonds. The lowest BCUT2D eigenvalue weighted by atomic mass is 10.2. The molecule has 2 rings (SSSR count). The van der Waals surface area contributed by atoms with Gasteiger partial charge in [-0.3, -0.25) is 4.99 Å². The predicted molar refractivity (Wildman–Crippen MR) is 117 cm³/mol. The third kappa shape index (κ3) is 6.23. The molecular formula is C17H29IN4OS. The van der Waals surface area contributed by atoms with Gasteiger partial charge in [0.1, 0.15) is 5.75 Å². The fourth-order valence-electron chi connectivity index (χ4n) is 2.75. The molecule has 0 spiro atoms. The molecule has 0 radical (unpaired) electrons. The van der Waals surface area contributed by atoms with Crippen LogP contribution in [0, 0.1) is 0 Å². The van der Waals surface area contributed by atoms with Crippen LogP contribution in [0.15, 0.2) is 29.3 Å². The lowest BCUT2D eigenvalue weighted by molar-refractivity contribution is 0.415. The number of benzene rings is 1. The van der Waals surface area contributed by atoms with Gasteiger partial charge in [-0.25, -0.2) is 0 Å². The quantitative estimate of drug-likeness (QED) is 0.281. The Hall–Kier alpha value is -0.830. The molecule has 24 heavy (non-hydrogen) atoms. The zero-order valence-electron chi connectivity index (χ0n) is 14.7. The number of anilines is 1. The molecule has 0 bridgehead atoms.